The van der Waals surface area contributed by atoms with E-state index >= 15 is 0 Å². The molecule has 0 aromatic carbocycles. The summed E-state index contributed by atoms with van der Waals surface area (Å²) in [7, 11) is 4.04. The molecule has 0 aliphatic heterocycles. The molecular formula is C10H16N4. The molecule has 76 valence electrons. The molecule has 2 atom stereocenters. The molecular weight excluding hydrogens is 176 g/mol. The van der Waals surface area contributed by atoms with Crippen LogP contribution in [0.2, 0.25) is 0 Å². The van der Waals surface area contributed by atoms with Gasteiger partial charge in [-0.1, -0.05) is 0 Å². The van der Waals surface area contributed by atoms with Gasteiger partial charge in [0, 0.05) is 7.05 Å². The lowest BCUT2D eigenvalue weighted by Gasteiger charge is -2.14. The molecule has 0 saturated heterocycles. The van der Waals surface area contributed by atoms with Crippen molar-refractivity contribution in [3.63, 3.8) is 0 Å². The first-order chi connectivity index (χ1) is 6.77. The van der Waals surface area contributed by atoms with Crippen LogP contribution in [0.3, 0.4) is 0 Å². The smallest absolute Gasteiger partial charge is 0.150 e. The molecule has 1 spiro atoms. The summed E-state index contributed by atoms with van der Waals surface area (Å²) in [6.07, 6.45) is 6.01. The molecule has 0 bridgehead atoms. The molecule has 1 N–H and O–H groups in total. The fourth-order valence-corrected chi connectivity index (χ4v) is 2.67. The molecule has 4 nitrogen and oxygen atoms in total. The zero-order valence-electron chi connectivity index (χ0n) is 8.70. The van der Waals surface area contributed by atoms with E-state index in [0.717, 1.165) is 11.7 Å². The van der Waals surface area contributed by atoms with Crippen LogP contribution in [0.1, 0.15) is 31.1 Å². The molecule has 3 rings (SSSR count). The molecule has 4 heteroatoms. The van der Waals surface area contributed by atoms with E-state index in [1.165, 1.54) is 19.3 Å². The summed E-state index contributed by atoms with van der Waals surface area (Å²) < 4.78 is 2.02. The van der Waals surface area contributed by atoms with Gasteiger partial charge in [0.05, 0.1) is 6.04 Å². The zero-order valence-corrected chi connectivity index (χ0v) is 8.70. The topological polar surface area (TPSA) is 42.7 Å². The Morgan fingerprint density at radius 2 is 2.43 bits per heavy atom. The van der Waals surface area contributed by atoms with Crippen molar-refractivity contribution in [2.45, 2.75) is 25.3 Å². The van der Waals surface area contributed by atoms with Gasteiger partial charge in [0.1, 0.15) is 12.2 Å². The van der Waals surface area contributed by atoms with E-state index in [1.807, 2.05) is 18.7 Å². The van der Waals surface area contributed by atoms with Crippen molar-refractivity contribution in [3.8, 4) is 0 Å². The Bertz CT molecular complexity index is 353. The van der Waals surface area contributed by atoms with E-state index in [9.17, 15) is 0 Å². The average molecular weight is 192 g/mol. The zero-order chi connectivity index (χ0) is 9.76. The van der Waals surface area contributed by atoms with Crippen LogP contribution in [0.5, 0.6) is 0 Å². The van der Waals surface area contributed by atoms with Crippen LogP contribution in [0.25, 0.3) is 0 Å². The normalized spacial score (nSPS) is 29.1. The van der Waals surface area contributed by atoms with Gasteiger partial charge in [0.15, 0.2) is 0 Å². The lowest BCUT2D eigenvalue weighted by atomic mass is 10.1. The van der Waals surface area contributed by atoms with Gasteiger partial charge in [-0.3, -0.25) is 0 Å². The highest BCUT2D eigenvalue weighted by Crippen LogP contribution is 2.73. The third kappa shape index (κ3) is 1.03. The highest BCUT2D eigenvalue weighted by atomic mass is 15.3. The number of rotatable bonds is 3. The summed E-state index contributed by atoms with van der Waals surface area (Å²) >= 11 is 0. The maximum atomic E-state index is 4.19. The molecule has 2 aliphatic carbocycles. The van der Waals surface area contributed by atoms with Crippen LogP contribution in [-0.2, 0) is 7.05 Å². The first kappa shape index (κ1) is 8.41. The molecule has 2 fully saturated rings. The molecule has 2 saturated carbocycles. The number of aryl methyl sites for hydroxylation is 1. The van der Waals surface area contributed by atoms with Gasteiger partial charge in [-0.2, -0.15) is 0 Å². The van der Waals surface area contributed by atoms with Crippen LogP contribution < -0.4 is 5.32 Å². The van der Waals surface area contributed by atoms with Crippen LogP contribution in [-0.4, -0.2) is 21.8 Å². The maximum absolute atomic E-state index is 4.19. The second-order valence-corrected chi connectivity index (χ2v) is 4.74. The fourth-order valence-electron chi connectivity index (χ4n) is 2.67. The first-order valence-corrected chi connectivity index (χ1v) is 5.28. The minimum absolute atomic E-state index is 0.407. The number of hydrogen-bond donors (Lipinski definition) is 1. The third-order valence-corrected chi connectivity index (χ3v) is 3.88. The quantitative estimate of drug-likeness (QED) is 0.773. The number of hydrogen-bond acceptors (Lipinski definition) is 3. The van der Waals surface area contributed by atoms with Crippen molar-refractivity contribution in [1.29, 1.82) is 0 Å². The number of nitrogens with one attached hydrogen (secondary N) is 1. The number of aromatic nitrogens is 3. The Labute approximate surface area is 83.7 Å². The third-order valence-electron chi connectivity index (χ3n) is 3.88. The molecule has 2 unspecified atom stereocenters. The first-order valence-electron chi connectivity index (χ1n) is 5.28. The van der Waals surface area contributed by atoms with Gasteiger partial charge in [-0.05, 0) is 37.6 Å². The molecule has 0 amide bonds. The average Bonchev–Trinajstić information content (AvgIpc) is 3.05. The summed E-state index contributed by atoms with van der Waals surface area (Å²) in [5.74, 6) is 1.89. The predicted molar refractivity (Wildman–Crippen MR) is 52.6 cm³/mol. The molecule has 2 aliphatic rings. The van der Waals surface area contributed by atoms with Gasteiger partial charge in [0.2, 0.25) is 0 Å². The van der Waals surface area contributed by atoms with Crippen LogP contribution in [0.4, 0.5) is 0 Å². The largest absolute Gasteiger partial charge is 0.319 e. The SMILES string of the molecule is CNC(c1nncn1C)C1CC12CC2. The van der Waals surface area contributed by atoms with Crippen molar-refractivity contribution >= 4 is 0 Å². The predicted octanol–water partition coefficient (Wildman–Crippen LogP) is 0.876. The monoisotopic (exact) mass is 192 g/mol. The number of nitrogens with zero attached hydrogens (tertiary/aromatic N) is 3. The van der Waals surface area contributed by atoms with E-state index in [-0.39, 0.29) is 0 Å². The van der Waals surface area contributed by atoms with Crippen molar-refractivity contribution in [1.82, 2.24) is 20.1 Å². The highest BCUT2D eigenvalue weighted by Gasteiger charge is 2.65. The van der Waals surface area contributed by atoms with Gasteiger partial charge < -0.3 is 9.88 Å². The molecule has 1 heterocycles. The van der Waals surface area contributed by atoms with Crippen molar-refractivity contribution < 1.29 is 0 Å². The van der Waals surface area contributed by atoms with Gasteiger partial charge in [0.25, 0.3) is 0 Å². The Hall–Kier alpha value is -0.900. The van der Waals surface area contributed by atoms with Crippen LogP contribution in [0.15, 0.2) is 6.33 Å². The molecule has 0 radical (unpaired) electrons. The minimum atomic E-state index is 0.407. The molecule has 14 heavy (non-hydrogen) atoms. The second kappa shape index (κ2) is 2.57. The Morgan fingerprint density at radius 3 is 2.86 bits per heavy atom. The van der Waals surface area contributed by atoms with E-state index in [2.05, 4.69) is 15.5 Å². The van der Waals surface area contributed by atoms with Gasteiger partial charge in [-0.25, -0.2) is 0 Å². The van der Waals surface area contributed by atoms with E-state index < -0.39 is 0 Å². The second-order valence-electron chi connectivity index (χ2n) is 4.74. The molecule has 1 aromatic heterocycles. The lowest BCUT2D eigenvalue weighted by molar-refractivity contribution is 0.453. The van der Waals surface area contributed by atoms with Crippen molar-refractivity contribution in [2.24, 2.45) is 18.4 Å². The molecule has 1 aromatic rings. The van der Waals surface area contributed by atoms with Crippen LogP contribution >= 0.6 is 0 Å². The van der Waals surface area contributed by atoms with E-state index in [0.29, 0.717) is 11.5 Å². The van der Waals surface area contributed by atoms with Crippen molar-refractivity contribution in [3.05, 3.63) is 12.2 Å². The van der Waals surface area contributed by atoms with Crippen LogP contribution in [0, 0.1) is 11.3 Å². The Kier molecular flexibility index (Phi) is 1.54. The minimum Gasteiger partial charge on any atom is -0.319 e. The van der Waals surface area contributed by atoms with Gasteiger partial charge >= 0.3 is 0 Å². The summed E-state index contributed by atoms with van der Waals surface area (Å²) in [5.41, 5.74) is 0.708. The maximum Gasteiger partial charge on any atom is 0.150 e. The highest BCUT2D eigenvalue weighted by molar-refractivity contribution is 5.18. The summed E-state index contributed by atoms with van der Waals surface area (Å²) in [6, 6.07) is 0.407. The Balaban J connectivity index is 1.84. The summed E-state index contributed by atoms with van der Waals surface area (Å²) in [6.45, 7) is 0. The van der Waals surface area contributed by atoms with Gasteiger partial charge in [-0.15, -0.1) is 10.2 Å². The van der Waals surface area contributed by atoms with E-state index in [4.69, 9.17) is 0 Å². The van der Waals surface area contributed by atoms with E-state index in [1.54, 1.807) is 6.33 Å². The standard InChI is InChI=1S/C10H16N4/c1-11-8(7-5-10(7)3-4-10)9-13-12-6-14(9)2/h6-8,11H,3-5H2,1-2H3. The Morgan fingerprint density at radius 1 is 1.64 bits per heavy atom. The summed E-state index contributed by atoms with van der Waals surface area (Å²) in [4.78, 5) is 0. The van der Waals surface area contributed by atoms with Crippen molar-refractivity contribution in [2.75, 3.05) is 7.05 Å². The summed E-state index contributed by atoms with van der Waals surface area (Å²) in [5, 5.41) is 11.5. The lowest BCUT2D eigenvalue weighted by Crippen LogP contribution is -2.22. The fraction of sp³-hybridized carbons (Fsp3) is 0.800.